The van der Waals surface area contributed by atoms with Crippen molar-refractivity contribution < 1.29 is 0 Å². The number of nitrogens with zero attached hydrogens (tertiary/aromatic N) is 2. The zero-order valence-corrected chi connectivity index (χ0v) is 8.51. The fourth-order valence-electron chi connectivity index (χ4n) is 0.947. The van der Waals surface area contributed by atoms with Crippen LogP contribution in [0.2, 0.25) is 0 Å². The molecule has 0 amide bonds. The van der Waals surface area contributed by atoms with Gasteiger partial charge in [0.25, 0.3) is 0 Å². The van der Waals surface area contributed by atoms with Gasteiger partial charge in [0.1, 0.15) is 6.33 Å². The van der Waals surface area contributed by atoms with Crippen LogP contribution in [0.1, 0.15) is 19.5 Å². The van der Waals surface area contributed by atoms with E-state index in [0.29, 0.717) is 11.6 Å². The van der Waals surface area contributed by atoms with E-state index >= 15 is 0 Å². The maximum Gasteiger partial charge on any atom is 0.116 e. The normalized spacial score (nSPS) is 14.4. The van der Waals surface area contributed by atoms with Gasteiger partial charge in [-0.15, -0.1) is 0 Å². The van der Waals surface area contributed by atoms with Crippen molar-refractivity contribution in [3.63, 3.8) is 0 Å². The van der Waals surface area contributed by atoms with Crippen LogP contribution in [0.4, 0.5) is 0 Å². The molecule has 0 aliphatic carbocycles. The second-order valence-electron chi connectivity index (χ2n) is 3.54. The van der Waals surface area contributed by atoms with Gasteiger partial charge in [0, 0.05) is 12.2 Å². The van der Waals surface area contributed by atoms with E-state index in [2.05, 4.69) is 23.8 Å². The molecule has 0 bridgehead atoms. The molecular weight excluding hydrogens is 176 g/mol. The van der Waals surface area contributed by atoms with E-state index in [1.807, 2.05) is 6.08 Å². The van der Waals surface area contributed by atoms with Gasteiger partial charge in [-0.05, 0) is 18.1 Å². The molecule has 0 aliphatic heterocycles. The summed E-state index contributed by atoms with van der Waals surface area (Å²) >= 11 is 0. The van der Waals surface area contributed by atoms with Crippen LogP contribution in [-0.4, -0.2) is 16.0 Å². The second kappa shape index (κ2) is 4.72. The number of aromatic nitrogens is 2. The fraction of sp³-hybridized carbons (Fsp3) is 0.400. The van der Waals surface area contributed by atoms with Crippen molar-refractivity contribution in [2.45, 2.75) is 19.9 Å². The maximum absolute atomic E-state index is 5.85. The minimum atomic E-state index is -0.0371. The van der Waals surface area contributed by atoms with Gasteiger partial charge in [0.15, 0.2) is 0 Å². The highest BCUT2D eigenvalue weighted by Crippen LogP contribution is 2.07. The molecule has 4 nitrogen and oxygen atoms in total. The Bertz CT molecular complexity index is 305. The van der Waals surface area contributed by atoms with E-state index in [9.17, 15) is 0 Å². The first-order valence-electron chi connectivity index (χ1n) is 4.60. The number of hydrogen-bond acceptors (Lipinski definition) is 4. The summed E-state index contributed by atoms with van der Waals surface area (Å²) in [4.78, 5) is 7.85. The quantitative estimate of drug-likeness (QED) is 0.741. The predicted octanol–water partition coefficient (Wildman–Crippen LogP) is 0.759. The van der Waals surface area contributed by atoms with Crippen LogP contribution in [0.3, 0.4) is 0 Å². The van der Waals surface area contributed by atoms with Gasteiger partial charge in [0.2, 0.25) is 0 Å². The third kappa shape index (κ3) is 2.81. The molecule has 76 valence electrons. The SMILES string of the molecule is CC(C)C(N)C=C(N)c1ccncn1. The van der Waals surface area contributed by atoms with E-state index in [1.165, 1.54) is 6.33 Å². The molecule has 0 spiro atoms. The summed E-state index contributed by atoms with van der Waals surface area (Å²) in [6.45, 7) is 4.10. The smallest absolute Gasteiger partial charge is 0.116 e. The molecule has 1 rings (SSSR count). The summed E-state index contributed by atoms with van der Waals surface area (Å²) in [7, 11) is 0. The number of nitrogens with two attached hydrogens (primary N) is 2. The van der Waals surface area contributed by atoms with Crippen LogP contribution in [0, 0.1) is 5.92 Å². The Morgan fingerprint density at radius 1 is 1.50 bits per heavy atom. The highest BCUT2D eigenvalue weighted by Gasteiger charge is 2.06. The first kappa shape index (κ1) is 10.7. The minimum Gasteiger partial charge on any atom is -0.397 e. The lowest BCUT2D eigenvalue weighted by atomic mass is 10.0. The summed E-state index contributed by atoms with van der Waals surface area (Å²) in [5, 5.41) is 0. The molecule has 0 saturated heterocycles. The molecule has 1 heterocycles. The lowest BCUT2D eigenvalue weighted by Gasteiger charge is -2.11. The van der Waals surface area contributed by atoms with Crippen LogP contribution < -0.4 is 11.5 Å². The minimum absolute atomic E-state index is 0.0371. The summed E-state index contributed by atoms with van der Waals surface area (Å²) in [5.41, 5.74) is 13.0. The van der Waals surface area contributed by atoms with Crippen LogP contribution in [0.25, 0.3) is 5.70 Å². The zero-order chi connectivity index (χ0) is 10.6. The van der Waals surface area contributed by atoms with Crippen molar-refractivity contribution >= 4 is 5.70 Å². The lowest BCUT2D eigenvalue weighted by Crippen LogP contribution is -2.24. The predicted molar refractivity (Wildman–Crippen MR) is 57.0 cm³/mol. The first-order chi connectivity index (χ1) is 6.61. The Morgan fingerprint density at radius 3 is 2.71 bits per heavy atom. The molecule has 4 heteroatoms. The molecule has 1 aromatic rings. The van der Waals surface area contributed by atoms with Gasteiger partial charge in [-0.2, -0.15) is 0 Å². The van der Waals surface area contributed by atoms with Gasteiger partial charge in [-0.25, -0.2) is 9.97 Å². The summed E-state index contributed by atoms with van der Waals surface area (Å²) in [5.74, 6) is 0.371. The molecule has 0 aromatic carbocycles. The van der Waals surface area contributed by atoms with Crippen molar-refractivity contribution in [3.05, 3.63) is 30.4 Å². The van der Waals surface area contributed by atoms with E-state index in [1.54, 1.807) is 12.3 Å². The van der Waals surface area contributed by atoms with Crippen molar-refractivity contribution in [2.24, 2.45) is 17.4 Å². The van der Waals surface area contributed by atoms with Crippen LogP contribution in [-0.2, 0) is 0 Å². The molecule has 14 heavy (non-hydrogen) atoms. The molecule has 0 radical (unpaired) electrons. The summed E-state index contributed by atoms with van der Waals surface area (Å²) in [6.07, 6.45) is 4.95. The Morgan fingerprint density at radius 2 is 2.21 bits per heavy atom. The largest absolute Gasteiger partial charge is 0.397 e. The Balaban J connectivity index is 2.80. The fourth-order valence-corrected chi connectivity index (χ4v) is 0.947. The van der Waals surface area contributed by atoms with E-state index in [0.717, 1.165) is 5.69 Å². The molecule has 1 aromatic heterocycles. The van der Waals surface area contributed by atoms with Crippen LogP contribution in [0.5, 0.6) is 0 Å². The third-order valence-electron chi connectivity index (χ3n) is 2.02. The monoisotopic (exact) mass is 192 g/mol. The molecular formula is C10H16N4. The Hall–Kier alpha value is -1.42. The van der Waals surface area contributed by atoms with Crippen LogP contribution in [0.15, 0.2) is 24.7 Å². The van der Waals surface area contributed by atoms with E-state index in [4.69, 9.17) is 11.5 Å². The molecule has 0 aliphatic rings. The average molecular weight is 192 g/mol. The van der Waals surface area contributed by atoms with Gasteiger partial charge in [0.05, 0.1) is 11.4 Å². The highest BCUT2D eigenvalue weighted by molar-refractivity contribution is 5.59. The van der Waals surface area contributed by atoms with E-state index in [-0.39, 0.29) is 6.04 Å². The Labute approximate surface area is 84.1 Å². The topological polar surface area (TPSA) is 77.8 Å². The number of hydrogen-bond donors (Lipinski definition) is 2. The number of rotatable bonds is 3. The standard InChI is InChI=1S/C10H16N4/c1-7(2)8(11)5-9(12)10-3-4-13-6-14-10/h3-8H,11-12H2,1-2H3. The summed E-state index contributed by atoms with van der Waals surface area (Å²) < 4.78 is 0. The Kier molecular flexibility index (Phi) is 3.59. The summed E-state index contributed by atoms with van der Waals surface area (Å²) in [6, 6.07) is 1.73. The van der Waals surface area contributed by atoms with Crippen LogP contribution >= 0.6 is 0 Å². The van der Waals surface area contributed by atoms with Gasteiger partial charge in [-0.3, -0.25) is 0 Å². The highest BCUT2D eigenvalue weighted by atomic mass is 14.8. The van der Waals surface area contributed by atoms with Gasteiger partial charge < -0.3 is 11.5 Å². The van der Waals surface area contributed by atoms with Crippen molar-refractivity contribution in [3.8, 4) is 0 Å². The van der Waals surface area contributed by atoms with Crippen molar-refractivity contribution in [1.82, 2.24) is 9.97 Å². The average Bonchev–Trinajstić information content (AvgIpc) is 2.19. The zero-order valence-electron chi connectivity index (χ0n) is 8.51. The second-order valence-corrected chi connectivity index (χ2v) is 3.54. The third-order valence-corrected chi connectivity index (χ3v) is 2.02. The first-order valence-corrected chi connectivity index (χ1v) is 4.60. The maximum atomic E-state index is 5.85. The lowest BCUT2D eigenvalue weighted by molar-refractivity contribution is 0.571. The molecule has 0 saturated carbocycles. The molecule has 0 fully saturated rings. The molecule has 1 unspecified atom stereocenters. The van der Waals surface area contributed by atoms with E-state index < -0.39 is 0 Å². The van der Waals surface area contributed by atoms with Crippen molar-refractivity contribution in [2.75, 3.05) is 0 Å². The van der Waals surface area contributed by atoms with Gasteiger partial charge >= 0.3 is 0 Å². The molecule has 4 N–H and O–H groups in total. The van der Waals surface area contributed by atoms with Crippen molar-refractivity contribution in [1.29, 1.82) is 0 Å². The van der Waals surface area contributed by atoms with Gasteiger partial charge in [-0.1, -0.05) is 13.8 Å². The molecule has 1 atom stereocenters.